The smallest absolute Gasteiger partial charge is 0.187 e. The standard InChI is InChI=1S/C15H14N2S/c1-3-8-12(4-2)14-11-18-15(17-14)16-13-9-6-5-7-10-13/h3-11H,1-2H2,(H,16,17)/b12-8+. The zero-order valence-corrected chi connectivity index (χ0v) is 10.8. The molecule has 90 valence electrons. The maximum atomic E-state index is 4.52. The Morgan fingerprint density at radius 1 is 1.22 bits per heavy atom. The van der Waals surface area contributed by atoms with Crippen LogP contribution in [-0.4, -0.2) is 4.98 Å². The molecule has 1 aromatic carbocycles. The van der Waals surface area contributed by atoms with Crippen molar-refractivity contribution < 1.29 is 0 Å². The largest absolute Gasteiger partial charge is 0.332 e. The van der Waals surface area contributed by atoms with Crippen molar-refractivity contribution in [1.29, 1.82) is 0 Å². The number of nitrogens with one attached hydrogen (secondary N) is 1. The van der Waals surface area contributed by atoms with E-state index in [1.807, 2.05) is 41.8 Å². The highest BCUT2D eigenvalue weighted by Gasteiger charge is 2.04. The van der Waals surface area contributed by atoms with Crippen LogP contribution in [0.25, 0.3) is 5.57 Å². The van der Waals surface area contributed by atoms with Gasteiger partial charge in [-0.15, -0.1) is 11.3 Å². The lowest BCUT2D eigenvalue weighted by Crippen LogP contribution is -1.89. The lowest BCUT2D eigenvalue weighted by atomic mass is 10.2. The molecule has 2 rings (SSSR count). The van der Waals surface area contributed by atoms with Crippen LogP contribution in [0.2, 0.25) is 0 Å². The van der Waals surface area contributed by atoms with Gasteiger partial charge in [0.1, 0.15) is 0 Å². The number of hydrogen-bond donors (Lipinski definition) is 1. The summed E-state index contributed by atoms with van der Waals surface area (Å²) in [7, 11) is 0. The second kappa shape index (κ2) is 5.98. The number of allylic oxidation sites excluding steroid dienone is 4. The van der Waals surface area contributed by atoms with Gasteiger partial charge in [-0.1, -0.05) is 49.6 Å². The summed E-state index contributed by atoms with van der Waals surface area (Å²) in [6.45, 7) is 7.46. The van der Waals surface area contributed by atoms with E-state index in [0.29, 0.717) is 0 Å². The molecule has 3 heteroatoms. The lowest BCUT2D eigenvalue weighted by Gasteiger charge is -2.00. The number of aromatic nitrogens is 1. The van der Waals surface area contributed by atoms with Gasteiger partial charge in [-0.25, -0.2) is 4.98 Å². The molecule has 0 unspecified atom stereocenters. The molecule has 2 aromatic rings. The van der Waals surface area contributed by atoms with E-state index in [1.165, 1.54) is 0 Å². The normalized spacial score (nSPS) is 11.0. The van der Waals surface area contributed by atoms with Crippen molar-refractivity contribution in [3.05, 3.63) is 72.8 Å². The molecule has 2 nitrogen and oxygen atoms in total. The molecule has 0 aliphatic carbocycles. The molecular formula is C15H14N2S. The fraction of sp³-hybridized carbons (Fsp3) is 0. The Hall–Kier alpha value is -2.13. The van der Waals surface area contributed by atoms with Crippen LogP contribution in [-0.2, 0) is 0 Å². The maximum absolute atomic E-state index is 4.52. The summed E-state index contributed by atoms with van der Waals surface area (Å²) in [4.78, 5) is 4.52. The number of anilines is 2. The van der Waals surface area contributed by atoms with Gasteiger partial charge in [0, 0.05) is 16.6 Å². The van der Waals surface area contributed by atoms with E-state index in [4.69, 9.17) is 0 Å². The molecule has 0 saturated carbocycles. The van der Waals surface area contributed by atoms with Crippen molar-refractivity contribution in [2.75, 3.05) is 5.32 Å². The first-order valence-electron chi connectivity index (χ1n) is 5.56. The van der Waals surface area contributed by atoms with Gasteiger partial charge in [0.05, 0.1) is 5.69 Å². The molecule has 0 atom stereocenters. The highest BCUT2D eigenvalue weighted by molar-refractivity contribution is 7.13. The molecule has 0 aliphatic rings. The molecule has 1 N–H and O–H groups in total. The van der Waals surface area contributed by atoms with E-state index < -0.39 is 0 Å². The summed E-state index contributed by atoms with van der Waals surface area (Å²) in [5, 5.41) is 6.14. The van der Waals surface area contributed by atoms with Gasteiger partial charge >= 0.3 is 0 Å². The van der Waals surface area contributed by atoms with Crippen molar-refractivity contribution in [1.82, 2.24) is 4.98 Å². The van der Waals surface area contributed by atoms with Gasteiger partial charge in [-0.2, -0.15) is 0 Å². The third-order valence-corrected chi connectivity index (χ3v) is 3.10. The summed E-state index contributed by atoms with van der Waals surface area (Å²) in [5.74, 6) is 0. The molecule has 0 amide bonds. The maximum Gasteiger partial charge on any atom is 0.187 e. The zero-order chi connectivity index (χ0) is 12.8. The van der Waals surface area contributed by atoms with Crippen LogP contribution in [0.1, 0.15) is 5.69 Å². The molecular weight excluding hydrogens is 240 g/mol. The van der Waals surface area contributed by atoms with Crippen LogP contribution in [0.5, 0.6) is 0 Å². The minimum absolute atomic E-state index is 0.869. The van der Waals surface area contributed by atoms with Gasteiger partial charge in [0.15, 0.2) is 5.13 Å². The van der Waals surface area contributed by atoms with Crippen LogP contribution < -0.4 is 5.32 Å². The van der Waals surface area contributed by atoms with E-state index in [0.717, 1.165) is 22.1 Å². The van der Waals surface area contributed by atoms with E-state index in [2.05, 4.69) is 23.5 Å². The van der Waals surface area contributed by atoms with Crippen molar-refractivity contribution in [2.45, 2.75) is 0 Å². The monoisotopic (exact) mass is 254 g/mol. The average molecular weight is 254 g/mol. The first-order chi connectivity index (χ1) is 8.83. The summed E-state index contributed by atoms with van der Waals surface area (Å²) in [6, 6.07) is 9.98. The molecule has 0 radical (unpaired) electrons. The number of hydrogen-bond acceptors (Lipinski definition) is 3. The van der Waals surface area contributed by atoms with Crippen LogP contribution in [0.15, 0.2) is 67.1 Å². The predicted octanol–water partition coefficient (Wildman–Crippen LogP) is 4.64. The van der Waals surface area contributed by atoms with Crippen molar-refractivity contribution in [2.24, 2.45) is 0 Å². The fourth-order valence-corrected chi connectivity index (χ4v) is 2.23. The predicted molar refractivity (Wildman–Crippen MR) is 80.2 cm³/mol. The van der Waals surface area contributed by atoms with Crippen LogP contribution in [0, 0.1) is 0 Å². The van der Waals surface area contributed by atoms with E-state index >= 15 is 0 Å². The Balaban J connectivity index is 2.18. The minimum Gasteiger partial charge on any atom is -0.332 e. The third kappa shape index (κ3) is 2.96. The van der Waals surface area contributed by atoms with Crippen molar-refractivity contribution in [3.8, 4) is 0 Å². The zero-order valence-electron chi connectivity index (χ0n) is 9.97. The van der Waals surface area contributed by atoms with Gasteiger partial charge in [0.25, 0.3) is 0 Å². The molecule has 0 fully saturated rings. The van der Waals surface area contributed by atoms with Gasteiger partial charge in [-0.05, 0) is 12.1 Å². The second-order valence-corrected chi connectivity index (χ2v) is 4.45. The first-order valence-corrected chi connectivity index (χ1v) is 6.44. The quantitative estimate of drug-likeness (QED) is 0.786. The van der Waals surface area contributed by atoms with Crippen LogP contribution in [0.3, 0.4) is 0 Å². The highest BCUT2D eigenvalue weighted by atomic mass is 32.1. The number of thiazole rings is 1. The van der Waals surface area contributed by atoms with Crippen LogP contribution >= 0.6 is 11.3 Å². The SMILES string of the molecule is C=C/C=C(\C=C)c1csc(Nc2ccccc2)n1. The number of nitrogens with zero attached hydrogens (tertiary/aromatic N) is 1. The third-order valence-electron chi connectivity index (χ3n) is 2.34. The molecule has 0 bridgehead atoms. The lowest BCUT2D eigenvalue weighted by molar-refractivity contribution is 1.34. The Kier molecular flexibility index (Phi) is 4.10. The fourth-order valence-electron chi connectivity index (χ4n) is 1.49. The minimum atomic E-state index is 0.869. The van der Waals surface area contributed by atoms with Gasteiger partial charge < -0.3 is 5.32 Å². The molecule has 1 heterocycles. The first kappa shape index (κ1) is 12.3. The number of benzene rings is 1. The summed E-state index contributed by atoms with van der Waals surface area (Å²) >= 11 is 1.57. The van der Waals surface area contributed by atoms with Gasteiger partial charge in [-0.3, -0.25) is 0 Å². The summed E-state index contributed by atoms with van der Waals surface area (Å²) in [5.41, 5.74) is 2.92. The Morgan fingerprint density at radius 2 is 2.00 bits per heavy atom. The van der Waals surface area contributed by atoms with Crippen molar-refractivity contribution in [3.63, 3.8) is 0 Å². The Labute approximate surface area is 111 Å². The molecule has 1 aromatic heterocycles. The van der Waals surface area contributed by atoms with Crippen molar-refractivity contribution >= 4 is 27.7 Å². The highest BCUT2D eigenvalue weighted by Crippen LogP contribution is 2.24. The molecule has 0 spiro atoms. The molecule has 18 heavy (non-hydrogen) atoms. The Bertz CT molecular complexity index is 567. The van der Waals surface area contributed by atoms with Crippen LogP contribution in [0.4, 0.5) is 10.8 Å². The Morgan fingerprint density at radius 3 is 2.67 bits per heavy atom. The second-order valence-electron chi connectivity index (χ2n) is 3.59. The number of para-hydroxylation sites is 1. The summed E-state index contributed by atoms with van der Waals surface area (Å²) in [6.07, 6.45) is 5.41. The average Bonchev–Trinajstić information content (AvgIpc) is 2.85. The topological polar surface area (TPSA) is 24.9 Å². The number of rotatable bonds is 5. The van der Waals surface area contributed by atoms with Gasteiger partial charge in [0.2, 0.25) is 0 Å². The molecule has 0 saturated heterocycles. The van der Waals surface area contributed by atoms with E-state index in [-0.39, 0.29) is 0 Å². The van der Waals surface area contributed by atoms with E-state index in [9.17, 15) is 0 Å². The summed E-state index contributed by atoms with van der Waals surface area (Å²) < 4.78 is 0. The van der Waals surface area contributed by atoms with E-state index in [1.54, 1.807) is 23.5 Å². The molecule has 0 aliphatic heterocycles.